The molecule has 4 heavy (non-hydrogen) atoms. The van der Waals surface area contributed by atoms with Crippen LogP contribution in [0.15, 0.2) is 0 Å². The van der Waals surface area contributed by atoms with Crippen molar-refractivity contribution in [3.05, 3.63) is 0 Å². The predicted octanol–water partition coefficient (Wildman–Crippen LogP) is -0.321. The minimum Gasteiger partial charge on any atom is -0.341 e. The van der Waals surface area contributed by atoms with Gasteiger partial charge in [-0.25, -0.2) is 0 Å². The Labute approximate surface area is 29.9 Å². The summed E-state index contributed by atoms with van der Waals surface area (Å²) in [7, 11) is 3.04. The molecule has 0 unspecified atom stereocenters. The van der Waals surface area contributed by atoms with Gasteiger partial charge in [-0.3, -0.25) is 0 Å². The van der Waals surface area contributed by atoms with Crippen LogP contribution in [0.5, 0.6) is 0 Å². The SMILES string of the molecule is CCN[Si]. The summed E-state index contributed by atoms with van der Waals surface area (Å²) in [5, 5.41) is 0. The van der Waals surface area contributed by atoms with Crippen molar-refractivity contribution < 1.29 is 0 Å². The van der Waals surface area contributed by atoms with E-state index in [1.807, 2.05) is 6.92 Å². The van der Waals surface area contributed by atoms with Crippen LogP contribution in [-0.2, 0) is 0 Å². The Hall–Kier alpha value is 0.177. The van der Waals surface area contributed by atoms with E-state index in [1.54, 1.807) is 0 Å². The minimum atomic E-state index is 0.983. The van der Waals surface area contributed by atoms with E-state index >= 15 is 0 Å². The van der Waals surface area contributed by atoms with Crippen LogP contribution in [0, 0.1) is 0 Å². The third-order valence-electron chi connectivity index (χ3n) is 0.177. The average Bonchev–Trinajstić information content (AvgIpc) is 1.37. The van der Waals surface area contributed by atoms with Crippen molar-refractivity contribution in [1.29, 1.82) is 0 Å². The molecule has 0 aromatic carbocycles. The number of rotatable bonds is 1. The Balaban J connectivity index is 1.97. The van der Waals surface area contributed by atoms with E-state index in [4.69, 9.17) is 0 Å². The first-order chi connectivity index (χ1) is 1.91. The third kappa shape index (κ3) is 2.18. The Morgan fingerprint density at radius 3 is 2.25 bits per heavy atom. The molecule has 1 N–H and O–H groups in total. The van der Waals surface area contributed by atoms with Crippen molar-refractivity contribution in [2.45, 2.75) is 6.92 Å². The molecular formula is C2H6NSi. The van der Waals surface area contributed by atoms with Gasteiger partial charge in [0.05, 0.1) is 0 Å². The van der Waals surface area contributed by atoms with Gasteiger partial charge in [-0.2, -0.15) is 0 Å². The molecule has 23 valence electrons. The van der Waals surface area contributed by atoms with Gasteiger partial charge in [-0.1, -0.05) is 6.92 Å². The minimum absolute atomic E-state index is 0.983. The van der Waals surface area contributed by atoms with Crippen LogP contribution >= 0.6 is 0 Å². The van der Waals surface area contributed by atoms with Crippen molar-refractivity contribution in [3.63, 3.8) is 0 Å². The molecule has 0 saturated carbocycles. The van der Waals surface area contributed by atoms with Gasteiger partial charge in [-0.15, -0.1) is 0 Å². The molecule has 0 atom stereocenters. The first-order valence-electron chi connectivity index (χ1n) is 1.31. The molecule has 0 fully saturated rings. The molecule has 0 aromatic heterocycles. The van der Waals surface area contributed by atoms with Crippen LogP contribution in [0.25, 0.3) is 0 Å². The highest BCUT2D eigenvalue weighted by molar-refractivity contribution is 6.04. The Morgan fingerprint density at radius 2 is 2.25 bits per heavy atom. The van der Waals surface area contributed by atoms with E-state index < -0.39 is 0 Å². The van der Waals surface area contributed by atoms with Gasteiger partial charge in [0, 0.05) is 0 Å². The number of hydrogen-bond donors (Lipinski definition) is 1. The molecule has 0 aromatic rings. The van der Waals surface area contributed by atoms with Crippen LogP contribution in [-0.4, -0.2) is 16.9 Å². The predicted molar refractivity (Wildman–Crippen MR) is 19.4 cm³/mol. The second kappa shape index (κ2) is 3.18. The van der Waals surface area contributed by atoms with Gasteiger partial charge < -0.3 is 4.98 Å². The van der Waals surface area contributed by atoms with Crippen LogP contribution < -0.4 is 4.98 Å². The lowest BCUT2D eigenvalue weighted by atomic mass is 10.8. The highest BCUT2D eigenvalue weighted by Gasteiger charge is 1.51. The molecular weight excluding hydrogens is 66.1 g/mol. The Morgan fingerprint density at radius 1 is 2.00 bits per heavy atom. The molecule has 0 aliphatic rings. The molecule has 0 heterocycles. The third-order valence-corrected chi connectivity index (χ3v) is 0.530. The second-order valence-corrected chi connectivity index (χ2v) is 0.884. The maximum atomic E-state index is 3.04. The van der Waals surface area contributed by atoms with E-state index in [2.05, 4.69) is 15.4 Å². The van der Waals surface area contributed by atoms with Gasteiger partial charge in [0.2, 0.25) is 0 Å². The smallest absolute Gasteiger partial charge is 0.140 e. The Bertz CT molecular complexity index is 8.00. The van der Waals surface area contributed by atoms with Gasteiger partial charge in [-0.05, 0) is 6.54 Å². The van der Waals surface area contributed by atoms with Crippen molar-refractivity contribution in [1.82, 2.24) is 4.98 Å². The summed E-state index contributed by atoms with van der Waals surface area (Å²) >= 11 is 0. The molecule has 1 nitrogen and oxygen atoms in total. The maximum Gasteiger partial charge on any atom is 0.140 e. The zero-order chi connectivity index (χ0) is 3.41. The molecule has 0 bridgehead atoms. The summed E-state index contributed by atoms with van der Waals surface area (Å²) in [5.74, 6) is 0. The molecule has 0 saturated heterocycles. The lowest BCUT2D eigenvalue weighted by Gasteiger charge is -1.75. The highest BCUT2D eigenvalue weighted by atomic mass is 28.2. The molecule has 3 radical (unpaired) electrons. The summed E-state index contributed by atoms with van der Waals surface area (Å²) in [6, 6.07) is 0. The zero-order valence-electron chi connectivity index (χ0n) is 2.71. The standard InChI is InChI=1S/C2H6NSi/c1-2-3-4/h3H,2H2,1H3. The first-order valence-corrected chi connectivity index (χ1v) is 1.81. The number of nitrogens with one attached hydrogen (secondary N) is 1. The van der Waals surface area contributed by atoms with Gasteiger partial charge >= 0.3 is 0 Å². The monoisotopic (exact) mass is 72.0 g/mol. The van der Waals surface area contributed by atoms with E-state index in [9.17, 15) is 0 Å². The van der Waals surface area contributed by atoms with Crippen molar-refractivity contribution in [3.8, 4) is 0 Å². The first kappa shape index (κ1) is 4.18. The fourth-order valence-corrected chi connectivity index (χ4v) is 0. The molecule has 2 heteroatoms. The van der Waals surface area contributed by atoms with Gasteiger partial charge in [0.1, 0.15) is 10.4 Å². The van der Waals surface area contributed by atoms with E-state index in [0.717, 1.165) is 6.54 Å². The van der Waals surface area contributed by atoms with Crippen LogP contribution in [0.2, 0.25) is 0 Å². The lowest BCUT2D eigenvalue weighted by molar-refractivity contribution is 1.02. The van der Waals surface area contributed by atoms with E-state index in [0.29, 0.717) is 0 Å². The molecule has 0 aliphatic carbocycles. The summed E-state index contributed by atoms with van der Waals surface area (Å²) < 4.78 is 0. The normalized spacial score (nSPS) is 7.50. The maximum absolute atomic E-state index is 3.04. The van der Waals surface area contributed by atoms with Crippen molar-refractivity contribution >= 4 is 10.4 Å². The topological polar surface area (TPSA) is 12.0 Å². The molecule has 0 rings (SSSR count). The van der Waals surface area contributed by atoms with Gasteiger partial charge in [0.25, 0.3) is 0 Å². The summed E-state index contributed by atoms with van der Waals surface area (Å²) in [6.07, 6.45) is 0. The highest BCUT2D eigenvalue weighted by Crippen LogP contribution is 1.33. The summed E-state index contributed by atoms with van der Waals surface area (Å²) in [5.41, 5.74) is 0. The van der Waals surface area contributed by atoms with Crippen molar-refractivity contribution in [2.24, 2.45) is 0 Å². The molecule has 0 aliphatic heterocycles. The zero-order valence-corrected chi connectivity index (χ0v) is 3.71. The van der Waals surface area contributed by atoms with Crippen molar-refractivity contribution in [2.75, 3.05) is 6.54 Å². The van der Waals surface area contributed by atoms with E-state index in [-0.39, 0.29) is 0 Å². The largest absolute Gasteiger partial charge is 0.341 e. The van der Waals surface area contributed by atoms with Crippen LogP contribution in [0.3, 0.4) is 0 Å². The van der Waals surface area contributed by atoms with E-state index in [1.165, 1.54) is 0 Å². The fourth-order valence-electron chi connectivity index (χ4n) is 0. The lowest BCUT2D eigenvalue weighted by Crippen LogP contribution is -2.04. The van der Waals surface area contributed by atoms with Crippen LogP contribution in [0.1, 0.15) is 6.92 Å². The fraction of sp³-hybridized carbons (Fsp3) is 1.00. The average molecular weight is 72.2 g/mol. The molecule has 0 amide bonds. The van der Waals surface area contributed by atoms with Crippen LogP contribution in [0.4, 0.5) is 0 Å². The number of hydrogen-bond acceptors (Lipinski definition) is 1. The Kier molecular flexibility index (Phi) is 3.32. The summed E-state index contributed by atoms with van der Waals surface area (Å²) in [6.45, 7) is 3.00. The van der Waals surface area contributed by atoms with Gasteiger partial charge in [0.15, 0.2) is 0 Å². The molecule has 0 spiro atoms. The second-order valence-electron chi connectivity index (χ2n) is 0.530. The quantitative estimate of drug-likeness (QED) is 0.419. The summed E-state index contributed by atoms with van der Waals surface area (Å²) in [4.78, 5) is 2.74.